The van der Waals surface area contributed by atoms with Crippen LogP contribution in [0.5, 0.6) is 23.5 Å². The molecule has 12 heteroatoms. The fourth-order valence-corrected chi connectivity index (χ4v) is 6.65. The van der Waals surface area contributed by atoms with Crippen LogP contribution in [0.4, 0.5) is 0 Å². The van der Waals surface area contributed by atoms with Crippen molar-refractivity contribution in [3.63, 3.8) is 0 Å². The molecule has 0 radical (unpaired) electrons. The van der Waals surface area contributed by atoms with Crippen molar-refractivity contribution in [2.24, 2.45) is 0 Å². The Morgan fingerprint density at radius 1 is 0.583 bits per heavy atom. The minimum Gasteiger partial charge on any atom is -0.494 e. The second-order valence-corrected chi connectivity index (χ2v) is 11.3. The smallest absolute Gasteiger partial charge is 0.317 e. The lowest BCUT2D eigenvalue weighted by Gasteiger charge is -2.15. The Hall–Kier alpha value is -2.60. The van der Waals surface area contributed by atoms with Crippen molar-refractivity contribution in [3.05, 3.63) is 24.3 Å². The van der Waals surface area contributed by atoms with Gasteiger partial charge in [0, 0.05) is 37.4 Å². The van der Waals surface area contributed by atoms with E-state index in [1.807, 2.05) is 0 Å². The monoisotopic (exact) mass is 544 g/mol. The zero-order chi connectivity index (χ0) is 26.5. The Kier molecular flexibility index (Phi) is 12.8. The first-order valence-corrected chi connectivity index (χ1v) is 14.4. The minimum atomic E-state index is -0.949. The highest BCUT2D eigenvalue weighted by Gasteiger charge is 2.24. The van der Waals surface area contributed by atoms with Crippen LogP contribution in [0.25, 0.3) is 0 Å². The summed E-state index contributed by atoms with van der Waals surface area (Å²) in [5.41, 5.74) is 0. The van der Waals surface area contributed by atoms with Crippen LogP contribution in [0.3, 0.4) is 0 Å². The maximum Gasteiger partial charge on any atom is 0.317 e. The number of nitrogens with zero attached hydrogens (tertiary/aromatic N) is 2. The van der Waals surface area contributed by atoms with Gasteiger partial charge in [0.15, 0.2) is 23.5 Å². The molecule has 2 aromatic heterocycles. The van der Waals surface area contributed by atoms with Gasteiger partial charge in [-0.05, 0) is 25.7 Å². The second-order valence-electron chi connectivity index (χ2n) is 8.65. The first-order chi connectivity index (χ1) is 17.2. The lowest BCUT2D eigenvalue weighted by molar-refractivity contribution is -0.137. The third kappa shape index (κ3) is 9.81. The van der Waals surface area contributed by atoms with Crippen LogP contribution >= 0.6 is 21.6 Å². The summed E-state index contributed by atoms with van der Waals surface area (Å²) in [5.74, 6) is -1.85. The van der Waals surface area contributed by atoms with E-state index < -0.39 is 22.4 Å². The summed E-state index contributed by atoms with van der Waals surface area (Å²) in [6.07, 6.45) is 7.00. The number of rotatable bonds is 19. The molecule has 2 heterocycles. The van der Waals surface area contributed by atoms with Gasteiger partial charge in [-0.15, -0.1) is 0 Å². The summed E-state index contributed by atoms with van der Waals surface area (Å²) >= 11 is 0. The molecule has 202 valence electrons. The molecule has 0 aliphatic carbocycles. The quantitative estimate of drug-likeness (QED) is 0.105. The van der Waals surface area contributed by atoms with Crippen LogP contribution in [0.1, 0.15) is 64.2 Å². The first-order valence-electron chi connectivity index (χ1n) is 12.1. The van der Waals surface area contributed by atoms with Crippen molar-refractivity contribution in [2.75, 3.05) is 0 Å². The van der Waals surface area contributed by atoms with E-state index in [2.05, 4.69) is 0 Å². The third-order valence-electron chi connectivity index (χ3n) is 5.90. The van der Waals surface area contributed by atoms with Gasteiger partial charge in [0.05, 0.1) is 0 Å². The van der Waals surface area contributed by atoms with Crippen molar-refractivity contribution in [3.8, 4) is 23.5 Å². The Morgan fingerprint density at radius 2 is 0.889 bits per heavy atom. The standard InChI is InChI=1S/C24H36N2O8S2/c27-19-11-12-20(28)25(19)15-7-3-1-5-9-17(23(31)32)35-36-18(24(33)34)10-6-2-4-8-16-26-21(29)13-14-22(26)30/h11-14,17-18,27-30H,1-10,15-16H2,(H,31,32)(H,33,34). The third-order valence-corrected chi connectivity index (χ3v) is 9.08. The zero-order valence-electron chi connectivity index (χ0n) is 20.2. The molecule has 0 aliphatic rings. The average Bonchev–Trinajstić information content (AvgIpc) is 3.32. The fraction of sp³-hybridized carbons (Fsp3) is 0.583. The van der Waals surface area contributed by atoms with Gasteiger partial charge >= 0.3 is 11.9 Å². The number of aliphatic carboxylic acids is 2. The molecule has 0 aromatic carbocycles. The number of carboxylic acids is 2. The molecule has 6 N–H and O–H groups in total. The number of aromatic nitrogens is 2. The maximum atomic E-state index is 11.6. The van der Waals surface area contributed by atoms with Gasteiger partial charge in [-0.2, -0.15) is 0 Å². The first kappa shape index (κ1) is 29.6. The Labute approximate surface area is 218 Å². The summed E-state index contributed by atoms with van der Waals surface area (Å²) in [4.78, 5) is 23.3. The van der Waals surface area contributed by atoms with Crippen LogP contribution < -0.4 is 0 Å². The van der Waals surface area contributed by atoms with Gasteiger partial charge in [0.25, 0.3) is 0 Å². The predicted octanol–water partition coefficient (Wildman–Crippen LogP) is 5.00. The van der Waals surface area contributed by atoms with E-state index in [0.717, 1.165) is 60.1 Å². The summed E-state index contributed by atoms with van der Waals surface area (Å²) in [5, 5.41) is 56.2. The SMILES string of the molecule is O=C(O)C(CCCCCCn1c(O)ccc1O)SSC(CCCCCCn1c(O)ccc1O)C(=O)O. The molecule has 2 aromatic rings. The number of carbonyl (C=O) groups is 2. The summed E-state index contributed by atoms with van der Waals surface area (Å²) in [7, 11) is 2.22. The van der Waals surface area contributed by atoms with Crippen LogP contribution in [-0.4, -0.2) is 62.2 Å². The number of aromatic hydroxyl groups is 4. The summed E-state index contributed by atoms with van der Waals surface area (Å²) < 4.78 is 2.83. The number of unbranched alkanes of at least 4 members (excludes halogenated alkanes) is 6. The molecule has 2 atom stereocenters. The van der Waals surface area contributed by atoms with Crippen LogP contribution in [0, 0.1) is 0 Å². The molecule has 0 bridgehead atoms. The van der Waals surface area contributed by atoms with E-state index in [1.165, 1.54) is 33.4 Å². The van der Waals surface area contributed by atoms with Crippen LogP contribution in [0.15, 0.2) is 24.3 Å². The summed E-state index contributed by atoms with van der Waals surface area (Å²) in [6, 6.07) is 5.71. The topological polar surface area (TPSA) is 165 Å². The average molecular weight is 545 g/mol. The minimum absolute atomic E-state index is 0.0114. The molecule has 0 fully saturated rings. The molecule has 0 saturated carbocycles. The molecule has 36 heavy (non-hydrogen) atoms. The van der Waals surface area contributed by atoms with Crippen molar-refractivity contribution in [1.82, 2.24) is 9.13 Å². The molecule has 10 nitrogen and oxygen atoms in total. The predicted molar refractivity (Wildman–Crippen MR) is 140 cm³/mol. The lowest BCUT2D eigenvalue weighted by Crippen LogP contribution is -2.19. The van der Waals surface area contributed by atoms with Crippen molar-refractivity contribution < 1.29 is 40.2 Å². The van der Waals surface area contributed by atoms with Gasteiger partial charge in [-0.1, -0.05) is 60.1 Å². The Balaban J connectivity index is 1.61. The van der Waals surface area contributed by atoms with Gasteiger partial charge in [-0.25, -0.2) is 0 Å². The van der Waals surface area contributed by atoms with Crippen molar-refractivity contribution >= 4 is 33.5 Å². The van der Waals surface area contributed by atoms with E-state index in [-0.39, 0.29) is 23.5 Å². The normalized spacial score (nSPS) is 13.0. The van der Waals surface area contributed by atoms with Gasteiger partial charge in [-0.3, -0.25) is 18.7 Å². The molecular formula is C24H36N2O8S2. The zero-order valence-corrected chi connectivity index (χ0v) is 21.8. The summed E-state index contributed by atoms with van der Waals surface area (Å²) in [6.45, 7) is 0.963. The molecule has 0 saturated heterocycles. The van der Waals surface area contributed by atoms with E-state index in [4.69, 9.17) is 0 Å². The Bertz CT molecular complexity index is 847. The molecule has 2 rings (SSSR count). The fourth-order valence-electron chi connectivity index (χ4n) is 3.82. The van der Waals surface area contributed by atoms with Crippen LogP contribution in [0.2, 0.25) is 0 Å². The van der Waals surface area contributed by atoms with Crippen LogP contribution in [-0.2, 0) is 22.7 Å². The maximum absolute atomic E-state index is 11.6. The highest BCUT2D eigenvalue weighted by atomic mass is 33.1. The van der Waals surface area contributed by atoms with Gasteiger partial charge in [0.1, 0.15) is 10.5 Å². The van der Waals surface area contributed by atoms with E-state index in [9.17, 15) is 40.2 Å². The molecule has 0 aliphatic heterocycles. The van der Waals surface area contributed by atoms with Crippen molar-refractivity contribution in [2.45, 2.75) is 87.8 Å². The number of hydrogen-bond acceptors (Lipinski definition) is 8. The molecule has 0 amide bonds. The van der Waals surface area contributed by atoms with E-state index in [1.54, 1.807) is 0 Å². The molecular weight excluding hydrogens is 508 g/mol. The van der Waals surface area contributed by atoms with Gasteiger partial charge < -0.3 is 30.6 Å². The number of carboxylic acid groups (broad SMARTS) is 2. The van der Waals surface area contributed by atoms with E-state index in [0.29, 0.717) is 38.8 Å². The largest absolute Gasteiger partial charge is 0.494 e. The number of hydrogen-bond donors (Lipinski definition) is 6. The van der Waals surface area contributed by atoms with Crippen molar-refractivity contribution in [1.29, 1.82) is 0 Å². The van der Waals surface area contributed by atoms with E-state index >= 15 is 0 Å². The molecule has 0 spiro atoms. The Morgan fingerprint density at radius 3 is 1.19 bits per heavy atom. The lowest BCUT2D eigenvalue weighted by atomic mass is 10.1. The molecule has 2 unspecified atom stereocenters. The highest BCUT2D eigenvalue weighted by Crippen LogP contribution is 2.36. The second kappa shape index (κ2) is 15.5. The highest BCUT2D eigenvalue weighted by molar-refractivity contribution is 8.77. The van der Waals surface area contributed by atoms with Gasteiger partial charge in [0.2, 0.25) is 0 Å².